The Balaban J connectivity index is 2.69. The van der Waals surface area contributed by atoms with Crippen molar-refractivity contribution in [1.82, 2.24) is 0 Å². The van der Waals surface area contributed by atoms with E-state index in [-0.39, 0.29) is 11.4 Å². The van der Waals surface area contributed by atoms with Gasteiger partial charge in [0.2, 0.25) is 0 Å². The number of aliphatic hydroxyl groups is 4. The molecule has 0 aliphatic carbocycles. The molecule has 1 rings (SSSR count). The number of hydrogen-bond donors (Lipinski definition) is 5. The predicted molar refractivity (Wildman–Crippen MR) is 74.9 cm³/mol. The SMILES string of the molecule is C[C@H](O)[C@@H](O)[C@H](O)[C@H](O)/C=N\Nc1ccccc1[N+](=O)[O-]. The van der Waals surface area contributed by atoms with Crippen molar-refractivity contribution in [3.63, 3.8) is 0 Å². The number of nitro benzene ring substituents is 1. The molecule has 0 aliphatic rings. The van der Waals surface area contributed by atoms with Crippen molar-refractivity contribution in [2.24, 2.45) is 5.10 Å². The quantitative estimate of drug-likeness (QED) is 0.258. The van der Waals surface area contributed by atoms with E-state index in [0.29, 0.717) is 0 Å². The Morgan fingerprint density at radius 2 is 1.86 bits per heavy atom. The van der Waals surface area contributed by atoms with Crippen molar-refractivity contribution in [3.05, 3.63) is 34.4 Å². The van der Waals surface area contributed by atoms with Crippen molar-refractivity contribution in [1.29, 1.82) is 0 Å². The highest BCUT2D eigenvalue weighted by molar-refractivity contribution is 5.67. The maximum Gasteiger partial charge on any atom is 0.294 e. The molecular weight excluding hydrogens is 282 g/mol. The van der Waals surface area contributed by atoms with Gasteiger partial charge in [-0.3, -0.25) is 15.5 Å². The molecule has 0 fully saturated rings. The lowest BCUT2D eigenvalue weighted by Crippen LogP contribution is -2.44. The molecule has 0 aromatic heterocycles. The number of nitrogens with one attached hydrogen (secondary N) is 1. The Bertz CT molecular complexity index is 508. The van der Waals surface area contributed by atoms with E-state index in [9.17, 15) is 25.4 Å². The molecule has 116 valence electrons. The highest BCUT2D eigenvalue weighted by Crippen LogP contribution is 2.22. The lowest BCUT2D eigenvalue weighted by molar-refractivity contribution is -0.384. The molecule has 0 unspecified atom stereocenters. The maximum atomic E-state index is 10.8. The Labute approximate surface area is 120 Å². The summed E-state index contributed by atoms with van der Waals surface area (Å²) in [5.41, 5.74) is 2.27. The van der Waals surface area contributed by atoms with Crippen molar-refractivity contribution in [2.75, 3.05) is 5.43 Å². The molecule has 0 amide bonds. The van der Waals surface area contributed by atoms with Crippen LogP contribution in [0.1, 0.15) is 6.92 Å². The second kappa shape index (κ2) is 7.64. The van der Waals surface area contributed by atoms with Crippen LogP contribution >= 0.6 is 0 Å². The summed E-state index contributed by atoms with van der Waals surface area (Å²) < 4.78 is 0. The van der Waals surface area contributed by atoms with Gasteiger partial charge in [-0.15, -0.1) is 0 Å². The molecule has 1 aromatic rings. The number of para-hydroxylation sites is 2. The van der Waals surface area contributed by atoms with Crippen molar-refractivity contribution < 1.29 is 25.3 Å². The van der Waals surface area contributed by atoms with Gasteiger partial charge in [0.15, 0.2) is 0 Å². The molecule has 0 radical (unpaired) electrons. The van der Waals surface area contributed by atoms with E-state index in [2.05, 4.69) is 10.5 Å². The number of hydrogen-bond acceptors (Lipinski definition) is 8. The zero-order valence-electron chi connectivity index (χ0n) is 11.2. The minimum atomic E-state index is -1.64. The molecule has 1 aromatic carbocycles. The molecular formula is C12H17N3O6. The normalized spacial score (nSPS) is 17.2. The monoisotopic (exact) mass is 299 g/mol. The van der Waals surface area contributed by atoms with Crippen molar-refractivity contribution in [3.8, 4) is 0 Å². The van der Waals surface area contributed by atoms with Crippen LogP contribution in [0.4, 0.5) is 11.4 Å². The average molecular weight is 299 g/mol. The van der Waals surface area contributed by atoms with Gasteiger partial charge < -0.3 is 20.4 Å². The fourth-order valence-corrected chi connectivity index (χ4v) is 1.49. The van der Waals surface area contributed by atoms with E-state index in [1.54, 1.807) is 6.07 Å². The van der Waals surface area contributed by atoms with Gasteiger partial charge in [0.05, 0.1) is 17.2 Å². The first-order chi connectivity index (χ1) is 9.84. The standard InChI is InChI=1S/C12H17N3O6/c1-7(16)11(18)12(19)10(17)6-13-14-8-4-2-3-5-9(8)15(20)21/h2-7,10-12,14,16-19H,1H3/b13-6-/t7-,10+,11+,12+/m0/s1. The van der Waals surface area contributed by atoms with Gasteiger partial charge in [-0.05, 0) is 13.0 Å². The molecule has 21 heavy (non-hydrogen) atoms. The second-order valence-corrected chi connectivity index (χ2v) is 4.38. The van der Waals surface area contributed by atoms with Crippen LogP contribution in [0.15, 0.2) is 29.4 Å². The molecule has 0 saturated heterocycles. The lowest BCUT2D eigenvalue weighted by atomic mass is 10.1. The number of benzene rings is 1. The summed E-state index contributed by atoms with van der Waals surface area (Å²) in [4.78, 5) is 10.2. The van der Waals surface area contributed by atoms with Crippen LogP contribution in [0.25, 0.3) is 0 Å². The first kappa shape index (κ1) is 17.0. The summed E-state index contributed by atoms with van der Waals surface area (Å²) in [6.45, 7) is 1.25. The third-order valence-electron chi connectivity index (χ3n) is 2.71. The number of anilines is 1. The number of nitro groups is 1. The maximum absolute atomic E-state index is 10.8. The molecule has 0 saturated carbocycles. The van der Waals surface area contributed by atoms with Crippen LogP contribution < -0.4 is 5.43 Å². The van der Waals surface area contributed by atoms with Gasteiger partial charge in [0.1, 0.15) is 24.0 Å². The third-order valence-corrected chi connectivity index (χ3v) is 2.71. The molecule has 0 bridgehead atoms. The molecule has 9 nitrogen and oxygen atoms in total. The Morgan fingerprint density at radius 1 is 1.24 bits per heavy atom. The first-order valence-electron chi connectivity index (χ1n) is 6.09. The summed E-state index contributed by atoms with van der Waals surface area (Å²) in [6, 6.07) is 5.75. The smallest absolute Gasteiger partial charge is 0.294 e. The van der Waals surface area contributed by atoms with E-state index < -0.39 is 29.3 Å². The predicted octanol–water partition coefficient (Wildman–Crippen LogP) is -0.544. The third kappa shape index (κ3) is 4.76. The average Bonchev–Trinajstić information content (AvgIpc) is 2.45. The molecule has 4 atom stereocenters. The van der Waals surface area contributed by atoms with Gasteiger partial charge in [0.25, 0.3) is 5.69 Å². The highest BCUT2D eigenvalue weighted by Gasteiger charge is 2.27. The van der Waals surface area contributed by atoms with Gasteiger partial charge in [-0.25, -0.2) is 0 Å². The minimum Gasteiger partial charge on any atom is -0.391 e. The van der Waals surface area contributed by atoms with Crippen LogP contribution in [0, 0.1) is 10.1 Å². The fourth-order valence-electron chi connectivity index (χ4n) is 1.49. The molecule has 9 heteroatoms. The fraction of sp³-hybridized carbons (Fsp3) is 0.417. The second-order valence-electron chi connectivity index (χ2n) is 4.38. The molecule has 0 aliphatic heterocycles. The largest absolute Gasteiger partial charge is 0.391 e. The van der Waals surface area contributed by atoms with Crippen LogP contribution in [-0.2, 0) is 0 Å². The van der Waals surface area contributed by atoms with Crippen LogP contribution in [0.3, 0.4) is 0 Å². The van der Waals surface area contributed by atoms with Crippen LogP contribution in [0.5, 0.6) is 0 Å². The lowest BCUT2D eigenvalue weighted by Gasteiger charge is -2.22. The number of rotatable bonds is 7. The summed E-state index contributed by atoms with van der Waals surface area (Å²) in [7, 11) is 0. The van der Waals surface area contributed by atoms with Crippen molar-refractivity contribution in [2.45, 2.75) is 31.3 Å². The van der Waals surface area contributed by atoms with E-state index in [4.69, 9.17) is 5.11 Å². The zero-order chi connectivity index (χ0) is 16.0. The zero-order valence-corrected chi connectivity index (χ0v) is 11.2. The van der Waals surface area contributed by atoms with Gasteiger partial charge >= 0.3 is 0 Å². The number of aliphatic hydroxyl groups excluding tert-OH is 4. The van der Waals surface area contributed by atoms with E-state index in [1.165, 1.54) is 25.1 Å². The molecule has 0 heterocycles. The highest BCUT2D eigenvalue weighted by atomic mass is 16.6. The number of nitrogens with zero attached hydrogens (tertiary/aromatic N) is 2. The topological polar surface area (TPSA) is 148 Å². The Hall–Kier alpha value is -2.07. The molecule has 0 spiro atoms. The summed E-state index contributed by atoms with van der Waals surface area (Å²) in [5.74, 6) is 0. The molecule has 5 N–H and O–H groups in total. The van der Waals surface area contributed by atoms with Gasteiger partial charge in [-0.1, -0.05) is 12.1 Å². The summed E-state index contributed by atoms with van der Waals surface area (Å²) in [6.07, 6.45) is -5.09. The number of hydrazone groups is 1. The van der Waals surface area contributed by atoms with Gasteiger partial charge in [0, 0.05) is 6.07 Å². The Kier molecular flexibility index (Phi) is 6.18. The summed E-state index contributed by atoms with van der Waals surface area (Å²) in [5, 5.41) is 51.8. The summed E-state index contributed by atoms with van der Waals surface area (Å²) >= 11 is 0. The van der Waals surface area contributed by atoms with Crippen molar-refractivity contribution >= 4 is 17.6 Å². The van der Waals surface area contributed by atoms with Crippen LogP contribution in [0.2, 0.25) is 0 Å². The minimum absolute atomic E-state index is 0.108. The van der Waals surface area contributed by atoms with E-state index >= 15 is 0 Å². The van der Waals surface area contributed by atoms with Crippen LogP contribution in [-0.4, -0.2) is 56.0 Å². The Morgan fingerprint density at radius 3 is 2.43 bits per heavy atom. The van der Waals surface area contributed by atoms with E-state index in [1.807, 2.05) is 0 Å². The van der Waals surface area contributed by atoms with Gasteiger partial charge in [-0.2, -0.15) is 5.10 Å². The first-order valence-corrected chi connectivity index (χ1v) is 6.09. The van der Waals surface area contributed by atoms with E-state index in [0.717, 1.165) is 6.21 Å².